The van der Waals surface area contributed by atoms with Crippen LogP contribution in [0, 0.1) is 5.92 Å². The molecule has 1 fully saturated rings. The monoisotopic (exact) mass is 470 g/mol. The Morgan fingerprint density at radius 2 is 1.79 bits per heavy atom. The Morgan fingerprint density at radius 3 is 2.42 bits per heavy atom. The van der Waals surface area contributed by atoms with Gasteiger partial charge in [-0.1, -0.05) is 23.4 Å². The molecular weight excluding hydrogens is 444 g/mol. The first-order valence-corrected chi connectivity index (χ1v) is 12.1. The number of carbonyl (C=O) groups excluding carboxylic acids is 1. The van der Waals surface area contributed by atoms with Crippen molar-refractivity contribution in [3.8, 4) is 17.1 Å². The van der Waals surface area contributed by atoms with E-state index in [1.807, 2.05) is 24.3 Å². The number of amides is 1. The van der Waals surface area contributed by atoms with Crippen LogP contribution in [0.4, 0.5) is 0 Å². The van der Waals surface area contributed by atoms with Crippen molar-refractivity contribution in [1.29, 1.82) is 0 Å². The SMILES string of the molecule is COc1ccc(-c2noc(CN(C)C(=O)C3CCN(S(=O)(=O)c4ccccc4)CC3)n2)cc1. The van der Waals surface area contributed by atoms with Crippen LogP contribution < -0.4 is 4.74 Å². The summed E-state index contributed by atoms with van der Waals surface area (Å²) < 4.78 is 37.5. The summed E-state index contributed by atoms with van der Waals surface area (Å²) in [6.45, 7) is 0.803. The summed E-state index contributed by atoms with van der Waals surface area (Å²) in [5, 5.41) is 3.99. The van der Waals surface area contributed by atoms with E-state index in [0.717, 1.165) is 11.3 Å². The van der Waals surface area contributed by atoms with Gasteiger partial charge in [0, 0.05) is 31.6 Å². The topological polar surface area (TPSA) is 106 Å². The molecule has 3 aromatic rings. The van der Waals surface area contributed by atoms with Crippen LogP contribution in [0.25, 0.3) is 11.4 Å². The Morgan fingerprint density at radius 1 is 1.12 bits per heavy atom. The number of piperidine rings is 1. The van der Waals surface area contributed by atoms with Gasteiger partial charge in [0.25, 0.3) is 0 Å². The predicted molar refractivity (Wildman–Crippen MR) is 121 cm³/mol. The summed E-state index contributed by atoms with van der Waals surface area (Å²) in [7, 11) is -0.256. The lowest BCUT2D eigenvalue weighted by Crippen LogP contribution is -2.43. The number of methoxy groups -OCH3 is 1. The van der Waals surface area contributed by atoms with Crippen molar-refractivity contribution < 1.29 is 22.5 Å². The van der Waals surface area contributed by atoms with Gasteiger partial charge in [-0.2, -0.15) is 9.29 Å². The molecule has 1 aliphatic rings. The summed E-state index contributed by atoms with van der Waals surface area (Å²) in [6, 6.07) is 15.7. The quantitative estimate of drug-likeness (QED) is 0.523. The summed E-state index contributed by atoms with van der Waals surface area (Å²) in [4.78, 5) is 19.1. The average Bonchev–Trinajstić information content (AvgIpc) is 3.32. The largest absolute Gasteiger partial charge is 0.497 e. The Bertz CT molecular complexity index is 1190. The van der Waals surface area contributed by atoms with Gasteiger partial charge in [0.1, 0.15) is 5.75 Å². The van der Waals surface area contributed by atoms with Crippen LogP contribution >= 0.6 is 0 Å². The zero-order valence-corrected chi connectivity index (χ0v) is 19.4. The third-order valence-electron chi connectivity index (χ3n) is 5.75. The molecule has 10 heteroatoms. The van der Waals surface area contributed by atoms with Crippen molar-refractivity contribution in [3.63, 3.8) is 0 Å². The second kappa shape index (κ2) is 9.72. The van der Waals surface area contributed by atoms with Crippen LogP contribution in [0.5, 0.6) is 5.75 Å². The molecule has 0 aliphatic carbocycles. The van der Waals surface area contributed by atoms with Crippen LogP contribution in [0.1, 0.15) is 18.7 Å². The molecular formula is C23H26N4O5S. The first kappa shape index (κ1) is 22.9. The number of hydrogen-bond donors (Lipinski definition) is 0. The number of aromatic nitrogens is 2. The number of sulfonamides is 1. The van der Waals surface area contributed by atoms with Gasteiger partial charge >= 0.3 is 0 Å². The molecule has 0 unspecified atom stereocenters. The maximum absolute atomic E-state index is 12.9. The average molecular weight is 471 g/mol. The summed E-state index contributed by atoms with van der Waals surface area (Å²) in [5.74, 6) is 1.20. The lowest BCUT2D eigenvalue weighted by Gasteiger charge is -2.32. The van der Waals surface area contributed by atoms with Gasteiger partial charge in [0.05, 0.1) is 18.6 Å². The number of hydrogen-bond acceptors (Lipinski definition) is 7. The molecule has 0 spiro atoms. The normalized spacial score (nSPS) is 15.3. The van der Waals surface area contributed by atoms with E-state index >= 15 is 0 Å². The van der Waals surface area contributed by atoms with Gasteiger partial charge < -0.3 is 14.2 Å². The Hall–Kier alpha value is -3.24. The number of carbonyl (C=O) groups is 1. The molecule has 33 heavy (non-hydrogen) atoms. The lowest BCUT2D eigenvalue weighted by molar-refractivity contribution is -0.136. The molecule has 0 saturated carbocycles. The van der Waals surface area contributed by atoms with Crippen LogP contribution in [0.3, 0.4) is 0 Å². The van der Waals surface area contributed by atoms with Gasteiger partial charge in [-0.25, -0.2) is 8.42 Å². The Balaban J connectivity index is 1.33. The van der Waals surface area contributed by atoms with Crippen LogP contribution in [0.15, 0.2) is 64.0 Å². The maximum Gasteiger partial charge on any atom is 0.246 e. The van der Waals surface area contributed by atoms with Crippen LogP contribution in [-0.2, 0) is 21.4 Å². The zero-order chi connectivity index (χ0) is 23.4. The van der Waals surface area contributed by atoms with Crippen molar-refractivity contribution in [2.75, 3.05) is 27.2 Å². The van der Waals surface area contributed by atoms with E-state index in [1.165, 1.54) is 4.31 Å². The molecule has 0 atom stereocenters. The molecule has 0 bridgehead atoms. The summed E-state index contributed by atoms with van der Waals surface area (Å²) >= 11 is 0. The molecule has 0 radical (unpaired) electrons. The van der Waals surface area contributed by atoms with Gasteiger partial charge in [-0.15, -0.1) is 0 Å². The highest BCUT2D eigenvalue weighted by Crippen LogP contribution is 2.25. The Labute approximate surface area is 193 Å². The predicted octanol–water partition coefficient (Wildman–Crippen LogP) is 2.80. The molecule has 1 aromatic heterocycles. The molecule has 4 rings (SSSR count). The second-order valence-corrected chi connectivity index (χ2v) is 9.86. The van der Waals surface area contributed by atoms with Crippen molar-refractivity contribution in [2.24, 2.45) is 5.92 Å². The fourth-order valence-electron chi connectivity index (χ4n) is 3.85. The van der Waals surface area contributed by atoms with Gasteiger partial charge in [-0.3, -0.25) is 4.79 Å². The van der Waals surface area contributed by atoms with E-state index in [1.54, 1.807) is 49.4 Å². The number of rotatable bonds is 7. The smallest absolute Gasteiger partial charge is 0.246 e. The van der Waals surface area contributed by atoms with Crippen LogP contribution in [0.2, 0.25) is 0 Å². The standard InChI is InChI=1S/C23H26N4O5S/c1-26(16-21-24-22(25-32-21)17-8-10-19(31-2)11-9-17)23(28)18-12-14-27(15-13-18)33(29,30)20-6-4-3-5-7-20/h3-11,18H,12-16H2,1-2H3. The number of ether oxygens (including phenoxy) is 1. The number of nitrogens with zero attached hydrogens (tertiary/aromatic N) is 4. The first-order valence-electron chi connectivity index (χ1n) is 10.7. The first-order chi connectivity index (χ1) is 15.9. The maximum atomic E-state index is 12.9. The van der Waals surface area contributed by atoms with Crippen molar-refractivity contribution in [1.82, 2.24) is 19.3 Å². The van der Waals surface area contributed by atoms with Gasteiger partial charge in [0.15, 0.2) is 0 Å². The summed E-state index contributed by atoms with van der Waals surface area (Å²) in [5.41, 5.74) is 0.784. The van der Waals surface area contributed by atoms with E-state index in [-0.39, 0.29) is 23.3 Å². The van der Waals surface area contributed by atoms with E-state index in [4.69, 9.17) is 9.26 Å². The molecule has 9 nitrogen and oxygen atoms in total. The minimum Gasteiger partial charge on any atom is -0.497 e. The molecule has 1 aliphatic heterocycles. The van der Waals surface area contributed by atoms with Crippen molar-refractivity contribution in [2.45, 2.75) is 24.3 Å². The Kier molecular flexibility index (Phi) is 6.75. The fourth-order valence-corrected chi connectivity index (χ4v) is 5.34. The highest BCUT2D eigenvalue weighted by atomic mass is 32.2. The van der Waals surface area contributed by atoms with Crippen molar-refractivity contribution >= 4 is 15.9 Å². The number of benzene rings is 2. The van der Waals surface area contributed by atoms with Crippen molar-refractivity contribution in [3.05, 3.63) is 60.5 Å². The third-order valence-corrected chi connectivity index (χ3v) is 7.66. The lowest BCUT2D eigenvalue weighted by atomic mass is 9.97. The molecule has 1 saturated heterocycles. The molecule has 2 heterocycles. The molecule has 174 valence electrons. The minimum atomic E-state index is -3.54. The van der Waals surface area contributed by atoms with E-state index in [0.29, 0.717) is 37.6 Å². The fraction of sp³-hybridized carbons (Fsp3) is 0.348. The summed E-state index contributed by atoms with van der Waals surface area (Å²) in [6.07, 6.45) is 0.937. The van der Waals surface area contributed by atoms with Gasteiger partial charge in [-0.05, 0) is 49.2 Å². The van der Waals surface area contributed by atoms with E-state index in [9.17, 15) is 13.2 Å². The third kappa shape index (κ3) is 5.07. The van der Waals surface area contributed by atoms with E-state index in [2.05, 4.69) is 10.1 Å². The van der Waals surface area contributed by atoms with E-state index < -0.39 is 10.0 Å². The highest BCUT2D eigenvalue weighted by molar-refractivity contribution is 7.89. The second-order valence-electron chi connectivity index (χ2n) is 7.93. The zero-order valence-electron chi connectivity index (χ0n) is 18.5. The highest BCUT2D eigenvalue weighted by Gasteiger charge is 2.33. The van der Waals surface area contributed by atoms with Gasteiger partial charge in [0.2, 0.25) is 27.6 Å². The molecule has 0 N–H and O–H groups in total. The minimum absolute atomic E-state index is 0.0593. The molecule has 2 aromatic carbocycles. The van der Waals surface area contributed by atoms with Crippen LogP contribution in [-0.4, -0.2) is 60.9 Å². The molecule has 1 amide bonds.